The summed E-state index contributed by atoms with van der Waals surface area (Å²) in [5.41, 5.74) is 2.50. The van der Waals surface area contributed by atoms with Crippen molar-refractivity contribution < 1.29 is 9.32 Å². The molecular weight excluding hydrogens is 366 g/mol. The fourth-order valence-electron chi connectivity index (χ4n) is 2.57. The summed E-state index contributed by atoms with van der Waals surface area (Å²) in [6.45, 7) is 1.93. The molecule has 0 saturated heterocycles. The van der Waals surface area contributed by atoms with Gasteiger partial charge in [-0.25, -0.2) is 4.68 Å². The maximum Gasteiger partial charge on any atom is 0.227 e. The molecule has 136 valence electrons. The van der Waals surface area contributed by atoms with Gasteiger partial charge in [0.15, 0.2) is 0 Å². The second-order valence-corrected chi connectivity index (χ2v) is 6.74. The average Bonchev–Trinajstić information content (AvgIpc) is 3.41. The van der Waals surface area contributed by atoms with E-state index < -0.39 is 0 Å². The highest BCUT2D eigenvalue weighted by Crippen LogP contribution is 2.22. The van der Waals surface area contributed by atoms with Gasteiger partial charge >= 0.3 is 0 Å². The monoisotopic (exact) mass is 381 g/mol. The SMILES string of the molecule is Cc1cc(NC(=O)CCc2nc(-c3cccs3)no2)ccc1-n1cnnn1. The molecular formula is C17H15N7O2S. The Hall–Kier alpha value is -3.40. The second kappa shape index (κ2) is 7.46. The number of benzene rings is 1. The molecule has 0 bridgehead atoms. The predicted molar refractivity (Wildman–Crippen MR) is 98.5 cm³/mol. The first-order valence-corrected chi connectivity index (χ1v) is 9.07. The Kier molecular flexibility index (Phi) is 4.71. The van der Waals surface area contributed by atoms with Crippen LogP contribution in [0, 0.1) is 6.92 Å². The van der Waals surface area contributed by atoms with E-state index in [-0.39, 0.29) is 12.3 Å². The number of tetrazole rings is 1. The summed E-state index contributed by atoms with van der Waals surface area (Å²) in [4.78, 5) is 17.5. The van der Waals surface area contributed by atoms with Gasteiger partial charge in [0.25, 0.3) is 0 Å². The van der Waals surface area contributed by atoms with Gasteiger partial charge in [-0.3, -0.25) is 4.79 Å². The topological polar surface area (TPSA) is 112 Å². The highest BCUT2D eigenvalue weighted by molar-refractivity contribution is 7.13. The van der Waals surface area contributed by atoms with Crippen LogP contribution in [0.1, 0.15) is 17.9 Å². The molecule has 0 aliphatic carbocycles. The first-order chi connectivity index (χ1) is 13.2. The Balaban J connectivity index is 1.35. The van der Waals surface area contributed by atoms with Gasteiger partial charge in [-0.15, -0.1) is 16.4 Å². The van der Waals surface area contributed by atoms with Crippen LogP contribution in [0.2, 0.25) is 0 Å². The first kappa shape index (κ1) is 17.0. The van der Waals surface area contributed by atoms with Gasteiger partial charge in [-0.2, -0.15) is 4.98 Å². The molecule has 0 aliphatic rings. The lowest BCUT2D eigenvalue weighted by Gasteiger charge is -2.08. The third-order valence-corrected chi connectivity index (χ3v) is 4.72. The van der Waals surface area contributed by atoms with Crippen LogP contribution in [0.25, 0.3) is 16.4 Å². The van der Waals surface area contributed by atoms with E-state index >= 15 is 0 Å². The van der Waals surface area contributed by atoms with Gasteiger partial charge < -0.3 is 9.84 Å². The normalized spacial score (nSPS) is 10.9. The smallest absolute Gasteiger partial charge is 0.227 e. The lowest BCUT2D eigenvalue weighted by Crippen LogP contribution is -2.13. The third kappa shape index (κ3) is 3.90. The lowest BCUT2D eigenvalue weighted by molar-refractivity contribution is -0.116. The molecule has 0 spiro atoms. The number of hydrogen-bond acceptors (Lipinski definition) is 8. The zero-order chi connectivity index (χ0) is 18.6. The maximum atomic E-state index is 12.2. The number of amides is 1. The molecule has 1 amide bonds. The lowest BCUT2D eigenvalue weighted by atomic mass is 10.1. The zero-order valence-corrected chi connectivity index (χ0v) is 15.2. The summed E-state index contributed by atoms with van der Waals surface area (Å²) < 4.78 is 6.78. The summed E-state index contributed by atoms with van der Waals surface area (Å²) in [5.74, 6) is 0.869. The minimum Gasteiger partial charge on any atom is -0.339 e. The summed E-state index contributed by atoms with van der Waals surface area (Å²) in [6, 6.07) is 9.39. The van der Waals surface area contributed by atoms with Crippen molar-refractivity contribution in [2.75, 3.05) is 5.32 Å². The van der Waals surface area contributed by atoms with E-state index in [2.05, 4.69) is 31.0 Å². The molecule has 4 rings (SSSR count). The Morgan fingerprint density at radius 1 is 1.33 bits per heavy atom. The van der Waals surface area contributed by atoms with Crippen LogP contribution < -0.4 is 5.32 Å². The quantitative estimate of drug-likeness (QED) is 0.546. The van der Waals surface area contributed by atoms with E-state index in [9.17, 15) is 4.79 Å². The molecule has 3 aromatic heterocycles. The molecule has 4 aromatic rings. The summed E-state index contributed by atoms with van der Waals surface area (Å²) in [7, 11) is 0. The van der Waals surface area contributed by atoms with Crippen molar-refractivity contribution in [1.29, 1.82) is 0 Å². The fraction of sp³-hybridized carbons (Fsp3) is 0.176. The molecule has 3 heterocycles. The van der Waals surface area contributed by atoms with Gasteiger partial charge in [0.05, 0.1) is 10.6 Å². The van der Waals surface area contributed by atoms with Crippen LogP contribution in [-0.4, -0.2) is 36.3 Å². The molecule has 0 unspecified atom stereocenters. The number of carbonyl (C=O) groups excluding carboxylic acids is 1. The van der Waals surface area contributed by atoms with Crippen molar-refractivity contribution in [1.82, 2.24) is 30.3 Å². The van der Waals surface area contributed by atoms with E-state index in [0.29, 0.717) is 23.8 Å². The van der Waals surface area contributed by atoms with Crippen molar-refractivity contribution in [3.05, 3.63) is 53.5 Å². The van der Waals surface area contributed by atoms with Crippen LogP contribution in [0.3, 0.4) is 0 Å². The number of thiophene rings is 1. The number of rotatable bonds is 6. The molecule has 0 atom stereocenters. The fourth-order valence-corrected chi connectivity index (χ4v) is 3.22. The van der Waals surface area contributed by atoms with Crippen molar-refractivity contribution in [3.8, 4) is 16.4 Å². The van der Waals surface area contributed by atoms with Gasteiger partial charge in [0.2, 0.25) is 17.6 Å². The Morgan fingerprint density at radius 2 is 2.26 bits per heavy atom. The van der Waals surface area contributed by atoms with Crippen LogP contribution in [0.5, 0.6) is 0 Å². The Morgan fingerprint density at radius 3 is 3.00 bits per heavy atom. The van der Waals surface area contributed by atoms with Gasteiger partial charge in [-0.1, -0.05) is 11.2 Å². The third-order valence-electron chi connectivity index (χ3n) is 3.85. The van der Waals surface area contributed by atoms with Gasteiger partial charge in [0.1, 0.15) is 6.33 Å². The number of aromatic nitrogens is 6. The van der Waals surface area contributed by atoms with Crippen molar-refractivity contribution in [2.45, 2.75) is 19.8 Å². The molecule has 1 N–H and O–H groups in total. The number of aryl methyl sites for hydroxylation is 2. The highest BCUT2D eigenvalue weighted by atomic mass is 32.1. The second-order valence-electron chi connectivity index (χ2n) is 5.79. The van der Waals surface area contributed by atoms with Crippen molar-refractivity contribution >= 4 is 22.9 Å². The molecule has 27 heavy (non-hydrogen) atoms. The predicted octanol–water partition coefficient (Wildman–Crippen LogP) is 2.65. The van der Waals surface area contributed by atoms with E-state index in [4.69, 9.17) is 4.52 Å². The van der Waals surface area contributed by atoms with Gasteiger partial charge in [-0.05, 0) is 52.6 Å². The molecule has 0 aliphatic heterocycles. The largest absolute Gasteiger partial charge is 0.339 e. The van der Waals surface area contributed by atoms with Crippen LogP contribution in [-0.2, 0) is 11.2 Å². The number of hydrogen-bond donors (Lipinski definition) is 1. The van der Waals surface area contributed by atoms with E-state index in [1.807, 2.05) is 42.6 Å². The Bertz CT molecular complexity index is 1040. The number of anilines is 1. The molecule has 0 fully saturated rings. The van der Waals surface area contributed by atoms with Crippen molar-refractivity contribution in [2.24, 2.45) is 0 Å². The summed E-state index contributed by atoms with van der Waals surface area (Å²) in [5, 5.41) is 19.9. The van der Waals surface area contributed by atoms with Crippen LogP contribution in [0.15, 0.2) is 46.6 Å². The minimum absolute atomic E-state index is 0.125. The minimum atomic E-state index is -0.125. The number of carbonyl (C=O) groups is 1. The average molecular weight is 381 g/mol. The van der Waals surface area contributed by atoms with E-state index in [0.717, 1.165) is 16.1 Å². The molecule has 9 nitrogen and oxygen atoms in total. The zero-order valence-electron chi connectivity index (χ0n) is 14.4. The maximum absolute atomic E-state index is 12.2. The molecule has 10 heteroatoms. The van der Waals surface area contributed by atoms with Crippen molar-refractivity contribution in [3.63, 3.8) is 0 Å². The first-order valence-electron chi connectivity index (χ1n) is 8.19. The molecule has 0 radical (unpaired) electrons. The standard InChI is InChI=1S/C17H15N7O2S/c1-11-9-12(4-5-13(11)24-10-18-22-23-24)19-15(25)6-7-16-20-17(21-26-16)14-3-2-8-27-14/h2-5,8-10H,6-7H2,1H3,(H,19,25). The van der Waals surface area contributed by atoms with E-state index in [1.54, 1.807) is 4.68 Å². The van der Waals surface area contributed by atoms with Gasteiger partial charge in [0, 0.05) is 18.5 Å². The van der Waals surface area contributed by atoms with Crippen LogP contribution >= 0.6 is 11.3 Å². The molecule has 0 saturated carbocycles. The Labute approximate surface area is 158 Å². The highest BCUT2D eigenvalue weighted by Gasteiger charge is 2.12. The number of nitrogens with one attached hydrogen (secondary N) is 1. The molecule has 1 aromatic carbocycles. The number of nitrogens with zero attached hydrogens (tertiary/aromatic N) is 6. The van der Waals surface area contributed by atoms with Crippen LogP contribution in [0.4, 0.5) is 5.69 Å². The summed E-state index contributed by atoms with van der Waals surface area (Å²) in [6.07, 6.45) is 2.15. The summed E-state index contributed by atoms with van der Waals surface area (Å²) >= 11 is 1.54. The van der Waals surface area contributed by atoms with E-state index in [1.165, 1.54) is 17.7 Å².